The number of nitrogens with zero attached hydrogens (tertiary/aromatic N) is 4. The number of azo groups is 2. The second-order valence-electron chi connectivity index (χ2n) is 9.84. The van der Waals surface area contributed by atoms with Crippen LogP contribution in [0.5, 0.6) is 11.5 Å². The molecule has 49 heavy (non-hydrogen) atoms. The van der Waals surface area contributed by atoms with Gasteiger partial charge in [0.25, 0.3) is 10.1 Å². The van der Waals surface area contributed by atoms with Gasteiger partial charge in [-0.3, -0.25) is 4.55 Å². The van der Waals surface area contributed by atoms with E-state index < -0.39 is 25.1 Å². The Morgan fingerprint density at radius 1 is 0.592 bits per heavy atom. The summed E-state index contributed by atoms with van der Waals surface area (Å²) >= 11 is 11.9. The minimum atomic E-state index is -4.64. The summed E-state index contributed by atoms with van der Waals surface area (Å²) in [5.41, 5.74) is 0.390. The Kier molecular flexibility index (Phi) is 12.6. The maximum absolute atomic E-state index is 12.0. The van der Waals surface area contributed by atoms with Crippen LogP contribution < -0.4 is 5.11 Å². The zero-order valence-electron chi connectivity index (χ0n) is 24.8. The molecule has 2 N–H and O–H groups in total. The fourth-order valence-corrected chi connectivity index (χ4v) is 5.65. The van der Waals surface area contributed by atoms with Crippen molar-refractivity contribution in [3.05, 3.63) is 119 Å². The summed E-state index contributed by atoms with van der Waals surface area (Å²) in [7, 11) is -9.02. The molecule has 0 aromatic heterocycles. The van der Waals surface area contributed by atoms with Gasteiger partial charge < -0.3 is 14.8 Å². The van der Waals surface area contributed by atoms with Gasteiger partial charge in [0.15, 0.2) is 0 Å². The van der Waals surface area contributed by atoms with E-state index in [0.29, 0.717) is 10.8 Å². The summed E-state index contributed by atoms with van der Waals surface area (Å²) in [6.45, 7) is 0. The average Bonchev–Trinajstić information content (AvgIpc) is 3.04. The van der Waals surface area contributed by atoms with E-state index in [1.807, 2.05) is 24.3 Å². The normalized spacial score (nSPS) is 11.8. The molecule has 0 heterocycles. The summed E-state index contributed by atoms with van der Waals surface area (Å²) in [6.07, 6.45) is 0. The van der Waals surface area contributed by atoms with E-state index in [4.69, 9.17) is 27.8 Å². The summed E-state index contributed by atoms with van der Waals surface area (Å²) in [5, 5.41) is 41.0. The van der Waals surface area contributed by atoms with Crippen molar-refractivity contribution in [2.75, 3.05) is 0 Å². The number of aromatic hydroxyl groups is 1. The second kappa shape index (κ2) is 16.1. The largest absolute Gasteiger partial charge is 2.00 e. The Labute approximate surface area is 330 Å². The van der Waals surface area contributed by atoms with Crippen LogP contribution in [-0.4, -0.2) is 79.9 Å². The van der Waals surface area contributed by atoms with Crippen LogP contribution in [0.15, 0.2) is 139 Å². The molecule has 0 atom stereocenters. The number of fused-ring (bicyclic) bond motifs is 2. The summed E-state index contributed by atoms with van der Waals surface area (Å²) in [4.78, 5) is -0.816. The molecule has 6 aromatic rings. The van der Waals surface area contributed by atoms with Gasteiger partial charge in [0.2, 0.25) is 0 Å². The van der Waals surface area contributed by atoms with Gasteiger partial charge in [-0.05, 0) is 53.2 Å². The van der Waals surface area contributed by atoms with Gasteiger partial charge in [0.05, 0.1) is 25.5 Å². The van der Waals surface area contributed by atoms with Crippen molar-refractivity contribution < 1.29 is 36.2 Å². The maximum atomic E-state index is 12.0. The van der Waals surface area contributed by atoms with Crippen molar-refractivity contribution in [1.82, 2.24) is 0 Å². The minimum Gasteiger partial charge on any atom is -0.871 e. The quantitative estimate of drug-likeness (QED) is 0.0944. The smallest absolute Gasteiger partial charge is 0.871 e. The number of phenolic OH excluding ortho intramolecular Hbond substituents is 1. The standard InChI is InChI=1S/2C16H11ClN2O4S.Ba/c2*17-13-7-6-11(24(21,22)23)9-14(13)18-19-16-12-4-2-1-3-10(12)5-8-15(16)20;/h2*1-9,20H,(H,21,22,23);/q;;+2/p-2. The minimum absolute atomic E-state index is 0. The van der Waals surface area contributed by atoms with E-state index in [2.05, 4.69) is 20.5 Å². The third kappa shape index (κ3) is 9.44. The van der Waals surface area contributed by atoms with Crippen molar-refractivity contribution in [2.45, 2.75) is 9.79 Å². The molecule has 0 aliphatic carbocycles. The van der Waals surface area contributed by atoms with Crippen LogP contribution in [0.2, 0.25) is 10.0 Å². The molecular weight excluding hydrogens is 841 g/mol. The molecule has 0 spiro atoms. The van der Waals surface area contributed by atoms with Crippen LogP contribution in [0, 0.1) is 0 Å². The van der Waals surface area contributed by atoms with Crippen molar-refractivity contribution in [1.29, 1.82) is 0 Å². The zero-order valence-corrected chi connectivity index (χ0v) is 32.4. The number of hydrogen-bond acceptors (Lipinski definition) is 11. The van der Waals surface area contributed by atoms with Gasteiger partial charge in [0.1, 0.15) is 32.9 Å². The Morgan fingerprint density at radius 2 is 1.06 bits per heavy atom. The SMILES string of the molecule is O=S(=O)(O)c1ccc(Cl)c(N=Nc2c(O)ccc3ccccc23)c1.O=S(=O)([O-])c1ccc(Cl)c(N=Nc2c([O-])ccc3ccccc23)c1.[Ba+2]. The molecule has 0 fully saturated rings. The van der Waals surface area contributed by atoms with E-state index in [1.54, 1.807) is 36.4 Å². The molecular formula is C32H20BaCl2N4O8S2. The van der Waals surface area contributed by atoms with Gasteiger partial charge in [-0.15, -0.1) is 15.3 Å². The van der Waals surface area contributed by atoms with Gasteiger partial charge >= 0.3 is 48.9 Å². The van der Waals surface area contributed by atoms with E-state index in [-0.39, 0.29) is 98.1 Å². The molecule has 17 heteroatoms. The van der Waals surface area contributed by atoms with E-state index >= 15 is 0 Å². The Bertz CT molecular complexity index is 2310. The summed E-state index contributed by atoms with van der Waals surface area (Å²) < 4.78 is 64.7. The fourth-order valence-electron chi connectivity index (χ4n) is 4.35. The number of hydrogen-bond donors (Lipinski definition) is 2. The molecule has 0 saturated heterocycles. The first kappa shape index (κ1) is 38.4. The van der Waals surface area contributed by atoms with Gasteiger partial charge in [-0.1, -0.05) is 95.7 Å². The first-order valence-corrected chi connectivity index (χ1v) is 17.1. The van der Waals surface area contributed by atoms with Crippen LogP contribution in [-0.2, 0) is 20.2 Å². The molecule has 6 rings (SSSR count). The van der Waals surface area contributed by atoms with E-state index in [0.717, 1.165) is 35.0 Å². The molecule has 0 unspecified atom stereocenters. The van der Waals surface area contributed by atoms with Gasteiger partial charge in [0, 0.05) is 10.8 Å². The number of rotatable bonds is 6. The Morgan fingerprint density at radius 3 is 1.61 bits per heavy atom. The third-order valence-electron chi connectivity index (χ3n) is 6.68. The van der Waals surface area contributed by atoms with Gasteiger partial charge in [-0.25, -0.2) is 8.42 Å². The van der Waals surface area contributed by atoms with E-state index in [9.17, 15) is 31.6 Å². The van der Waals surface area contributed by atoms with Crippen LogP contribution in [0.3, 0.4) is 0 Å². The van der Waals surface area contributed by atoms with Crippen LogP contribution in [0.1, 0.15) is 0 Å². The molecule has 0 amide bonds. The molecule has 244 valence electrons. The zero-order chi connectivity index (χ0) is 34.6. The molecule has 12 nitrogen and oxygen atoms in total. The molecule has 0 saturated carbocycles. The molecule has 0 aliphatic rings. The van der Waals surface area contributed by atoms with Crippen LogP contribution in [0.25, 0.3) is 21.5 Å². The summed E-state index contributed by atoms with van der Waals surface area (Å²) in [6, 6.07) is 27.6. The first-order valence-electron chi connectivity index (χ1n) is 13.5. The topological polar surface area (TPSA) is 204 Å². The molecule has 0 aliphatic heterocycles. The van der Waals surface area contributed by atoms with Crippen molar-refractivity contribution in [3.8, 4) is 11.5 Å². The number of phenols is 1. The van der Waals surface area contributed by atoms with Crippen LogP contribution in [0.4, 0.5) is 22.7 Å². The Balaban J connectivity index is 0.000000216. The number of halogens is 2. The third-order valence-corrected chi connectivity index (χ3v) is 9.00. The predicted octanol–water partition coefficient (Wildman–Crippen LogP) is 8.37. The predicted molar refractivity (Wildman–Crippen MR) is 184 cm³/mol. The maximum Gasteiger partial charge on any atom is 2.00 e. The summed E-state index contributed by atoms with van der Waals surface area (Å²) in [5.74, 6) is -0.402. The fraction of sp³-hybridized carbons (Fsp3) is 0. The van der Waals surface area contributed by atoms with Crippen molar-refractivity contribution in [2.24, 2.45) is 20.5 Å². The van der Waals surface area contributed by atoms with Crippen molar-refractivity contribution in [3.63, 3.8) is 0 Å². The van der Waals surface area contributed by atoms with E-state index in [1.165, 1.54) is 24.3 Å². The Hall–Kier alpha value is -3.39. The monoisotopic (exact) mass is 860 g/mol. The first-order chi connectivity index (χ1) is 22.7. The number of benzene rings is 6. The van der Waals surface area contributed by atoms with Crippen molar-refractivity contribution >= 4 is 137 Å². The second-order valence-corrected chi connectivity index (χ2v) is 13.5. The molecule has 0 radical (unpaired) electrons. The van der Waals surface area contributed by atoms with Gasteiger partial charge in [-0.2, -0.15) is 13.5 Å². The van der Waals surface area contributed by atoms with Crippen LogP contribution >= 0.6 is 23.2 Å². The molecule has 0 bridgehead atoms. The molecule has 6 aromatic carbocycles. The average molecular weight is 861 g/mol.